The summed E-state index contributed by atoms with van der Waals surface area (Å²) in [5, 5.41) is 8.83. The van der Waals surface area contributed by atoms with Crippen LogP contribution in [0.25, 0.3) is 0 Å². The average Bonchev–Trinajstić information content (AvgIpc) is 2.85. The van der Waals surface area contributed by atoms with Gasteiger partial charge in [0.25, 0.3) is 0 Å². The summed E-state index contributed by atoms with van der Waals surface area (Å²) in [4.78, 5) is 10.8. The fraction of sp³-hybridized carbons (Fsp3) is 0.353. The Hall–Kier alpha value is -2.23. The second kappa shape index (κ2) is 5.64. The van der Waals surface area contributed by atoms with E-state index in [1.54, 1.807) is 0 Å². The molecule has 0 aliphatic rings. The van der Waals surface area contributed by atoms with Crippen molar-refractivity contribution in [1.29, 1.82) is 0 Å². The SMILES string of the molecule is Cc1cc(C(C)(C)C)ccc1OCc1cc(C(=O)O)co1. The van der Waals surface area contributed by atoms with E-state index in [0.29, 0.717) is 5.76 Å². The second-order valence-electron chi connectivity index (χ2n) is 6.13. The Bertz CT molecular complexity index is 647. The Labute approximate surface area is 124 Å². The summed E-state index contributed by atoms with van der Waals surface area (Å²) in [5.41, 5.74) is 2.53. The first-order valence-electron chi connectivity index (χ1n) is 6.82. The largest absolute Gasteiger partial charge is 0.485 e. The summed E-state index contributed by atoms with van der Waals surface area (Å²) >= 11 is 0. The van der Waals surface area contributed by atoms with Crippen LogP contribution in [-0.2, 0) is 12.0 Å². The number of benzene rings is 1. The summed E-state index contributed by atoms with van der Waals surface area (Å²) in [7, 11) is 0. The third kappa shape index (κ3) is 3.66. The maximum atomic E-state index is 10.8. The first kappa shape index (κ1) is 15.2. The molecule has 1 aromatic carbocycles. The van der Waals surface area contributed by atoms with Gasteiger partial charge < -0.3 is 14.3 Å². The Morgan fingerprint density at radius 3 is 2.52 bits per heavy atom. The highest BCUT2D eigenvalue weighted by Crippen LogP contribution is 2.28. The minimum Gasteiger partial charge on any atom is -0.485 e. The van der Waals surface area contributed by atoms with Crippen LogP contribution in [0.1, 0.15) is 48.0 Å². The fourth-order valence-electron chi connectivity index (χ4n) is 2.00. The van der Waals surface area contributed by atoms with Crippen LogP contribution in [0.3, 0.4) is 0 Å². The third-order valence-corrected chi connectivity index (χ3v) is 3.31. The zero-order valence-corrected chi connectivity index (χ0v) is 12.8. The molecule has 0 atom stereocenters. The highest BCUT2D eigenvalue weighted by molar-refractivity contribution is 5.87. The van der Waals surface area contributed by atoms with Gasteiger partial charge >= 0.3 is 5.97 Å². The maximum absolute atomic E-state index is 10.8. The number of carboxylic acids is 1. The zero-order valence-electron chi connectivity index (χ0n) is 12.8. The lowest BCUT2D eigenvalue weighted by molar-refractivity contribution is 0.0696. The van der Waals surface area contributed by atoms with Gasteiger partial charge in [0.1, 0.15) is 24.4 Å². The van der Waals surface area contributed by atoms with Crippen molar-refractivity contribution in [3.63, 3.8) is 0 Å². The summed E-state index contributed by atoms with van der Waals surface area (Å²) in [6, 6.07) is 7.57. The predicted octanol–water partition coefficient (Wildman–Crippen LogP) is 4.16. The Morgan fingerprint density at radius 2 is 2.00 bits per heavy atom. The minimum absolute atomic E-state index is 0.0979. The molecule has 0 fully saturated rings. The first-order valence-corrected chi connectivity index (χ1v) is 6.82. The molecule has 0 amide bonds. The van der Waals surface area contributed by atoms with Crippen molar-refractivity contribution < 1.29 is 19.1 Å². The molecule has 0 aliphatic carbocycles. The van der Waals surface area contributed by atoms with Crippen LogP contribution in [0.15, 0.2) is 34.9 Å². The van der Waals surface area contributed by atoms with Crippen LogP contribution in [0, 0.1) is 6.92 Å². The molecule has 21 heavy (non-hydrogen) atoms. The van der Waals surface area contributed by atoms with Crippen LogP contribution in [0.2, 0.25) is 0 Å². The molecule has 0 saturated heterocycles. The zero-order chi connectivity index (χ0) is 15.6. The van der Waals surface area contributed by atoms with E-state index >= 15 is 0 Å². The Kier molecular flexibility index (Phi) is 4.07. The average molecular weight is 288 g/mol. The van der Waals surface area contributed by atoms with E-state index in [2.05, 4.69) is 26.8 Å². The lowest BCUT2D eigenvalue weighted by Gasteiger charge is -2.20. The van der Waals surface area contributed by atoms with Crippen molar-refractivity contribution in [2.24, 2.45) is 0 Å². The third-order valence-electron chi connectivity index (χ3n) is 3.31. The number of carbonyl (C=O) groups is 1. The van der Waals surface area contributed by atoms with Crippen molar-refractivity contribution in [3.05, 3.63) is 53.0 Å². The number of furan rings is 1. The molecule has 0 radical (unpaired) electrons. The van der Waals surface area contributed by atoms with E-state index in [4.69, 9.17) is 14.3 Å². The summed E-state index contributed by atoms with van der Waals surface area (Å²) in [6.45, 7) is 8.70. The van der Waals surface area contributed by atoms with E-state index < -0.39 is 5.97 Å². The van der Waals surface area contributed by atoms with Gasteiger partial charge in [-0.3, -0.25) is 0 Å². The number of carboxylic acid groups (broad SMARTS) is 1. The van der Waals surface area contributed by atoms with Crippen molar-refractivity contribution in [3.8, 4) is 5.75 Å². The lowest BCUT2D eigenvalue weighted by Crippen LogP contribution is -2.11. The summed E-state index contributed by atoms with van der Waals surface area (Å²) in [6.07, 6.45) is 1.22. The Balaban J connectivity index is 2.08. The topological polar surface area (TPSA) is 59.7 Å². The molecule has 1 heterocycles. The summed E-state index contributed by atoms with van der Waals surface area (Å²) in [5.74, 6) is 0.263. The first-order chi connectivity index (χ1) is 9.77. The number of aryl methyl sites for hydroxylation is 1. The van der Waals surface area contributed by atoms with Gasteiger partial charge in [-0.15, -0.1) is 0 Å². The fourth-order valence-corrected chi connectivity index (χ4v) is 2.00. The molecule has 1 N–H and O–H groups in total. The van der Waals surface area contributed by atoms with Gasteiger partial charge in [0.2, 0.25) is 0 Å². The van der Waals surface area contributed by atoms with E-state index in [1.807, 2.05) is 19.1 Å². The van der Waals surface area contributed by atoms with Crippen molar-refractivity contribution in [2.75, 3.05) is 0 Å². The minimum atomic E-state index is -1.00. The Morgan fingerprint density at radius 1 is 1.29 bits per heavy atom. The molecule has 0 aliphatic heterocycles. The van der Waals surface area contributed by atoms with Crippen molar-refractivity contribution in [1.82, 2.24) is 0 Å². The standard InChI is InChI=1S/C17H20O4/c1-11-7-13(17(2,3)4)5-6-15(11)21-10-14-8-12(9-20-14)16(18)19/h5-9H,10H2,1-4H3,(H,18,19). The van der Waals surface area contributed by atoms with Crippen LogP contribution < -0.4 is 4.74 Å². The maximum Gasteiger partial charge on any atom is 0.338 e. The number of aromatic carboxylic acids is 1. The van der Waals surface area contributed by atoms with Gasteiger partial charge in [-0.05, 0) is 35.6 Å². The molecule has 0 spiro atoms. The van der Waals surface area contributed by atoms with Crippen LogP contribution in [0.5, 0.6) is 5.75 Å². The van der Waals surface area contributed by atoms with Crippen molar-refractivity contribution in [2.45, 2.75) is 39.7 Å². The van der Waals surface area contributed by atoms with Gasteiger partial charge in [0, 0.05) is 0 Å². The molecule has 4 heteroatoms. The normalized spacial score (nSPS) is 11.4. The van der Waals surface area contributed by atoms with Gasteiger partial charge in [-0.25, -0.2) is 4.79 Å². The van der Waals surface area contributed by atoms with Gasteiger partial charge in [-0.2, -0.15) is 0 Å². The molecule has 1 aromatic heterocycles. The highest BCUT2D eigenvalue weighted by Gasteiger charge is 2.15. The van der Waals surface area contributed by atoms with E-state index in [9.17, 15) is 4.79 Å². The molecular formula is C17H20O4. The number of hydrogen-bond acceptors (Lipinski definition) is 3. The molecule has 112 valence electrons. The van der Waals surface area contributed by atoms with Gasteiger partial charge in [-0.1, -0.05) is 32.9 Å². The molecular weight excluding hydrogens is 268 g/mol. The molecule has 4 nitrogen and oxygen atoms in total. The number of rotatable bonds is 4. The van der Waals surface area contributed by atoms with Crippen LogP contribution in [0.4, 0.5) is 0 Å². The molecule has 0 bridgehead atoms. The summed E-state index contributed by atoms with van der Waals surface area (Å²) < 4.78 is 10.9. The van der Waals surface area contributed by atoms with E-state index in [1.165, 1.54) is 17.9 Å². The lowest BCUT2D eigenvalue weighted by atomic mass is 9.86. The quantitative estimate of drug-likeness (QED) is 0.917. The number of ether oxygens (including phenoxy) is 1. The monoisotopic (exact) mass is 288 g/mol. The van der Waals surface area contributed by atoms with Crippen LogP contribution in [-0.4, -0.2) is 11.1 Å². The van der Waals surface area contributed by atoms with Gasteiger partial charge in [0.05, 0.1) is 5.56 Å². The predicted molar refractivity (Wildman–Crippen MR) is 79.9 cm³/mol. The van der Waals surface area contributed by atoms with E-state index in [0.717, 1.165) is 11.3 Å². The van der Waals surface area contributed by atoms with E-state index in [-0.39, 0.29) is 17.6 Å². The smallest absolute Gasteiger partial charge is 0.338 e. The molecule has 2 rings (SSSR count). The molecule has 2 aromatic rings. The van der Waals surface area contributed by atoms with Crippen LogP contribution >= 0.6 is 0 Å². The van der Waals surface area contributed by atoms with Gasteiger partial charge in [0.15, 0.2) is 0 Å². The second-order valence-corrected chi connectivity index (χ2v) is 6.13. The highest BCUT2D eigenvalue weighted by atomic mass is 16.5. The van der Waals surface area contributed by atoms with Crippen molar-refractivity contribution >= 4 is 5.97 Å². The molecule has 0 unspecified atom stereocenters. The number of hydrogen-bond donors (Lipinski definition) is 1. The molecule has 0 saturated carbocycles.